The van der Waals surface area contributed by atoms with Crippen LogP contribution in [-0.2, 0) is 0 Å². The standard InChI is InChI=1S/C7H12N4S/c1-5(2)3-6(10-8)7-4-9-12-11-7/h3-4,6,10H,8H2,1-2H3. The average molecular weight is 184 g/mol. The Balaban J connectivity index is 2.77. The van der Waals surface area contributed by atoms with Crippen LogP contribution in [0.5, 0.6) is 0 Å². The number of hydrogen-bond acceptors (Lipinski definition) is 5. The normalized spacial score (nSPS) is 12.6. The second-order valence-corrected chi connectivity index (χ2v) is 3.28. The maximum Gasteiger partial charge on any atom is 0.0964 e. The Labute approximate surface area is 75.8 Å². The van der Waals surface area contributed by atoms with Crippen LogP contribution in [0, 0.1) is 0 Å². The smallest absolute Gasteiger partial charge is 0.0964 e. The minimum atomic E-state index is -0.0197. The maximum absolute atomic E-state index is 5.35. The Kier molecular flexibility index (Phi) is 3.33. The van der Waals surface area contributed by atoms with Crippen molar-refractivity contribution in [3.63, 3.8) is 0 Å². The van der Waals surface area contributed by atoms with E-state index in [1.54, 1.807) is 6.20 Å². The monoisotopic (exact) mass is 184 g/mol. The van der Waals surface area contributed by atoms with Gasteiger partial charge in [0, 0.05) is 0 Å². The van der Waals surface area contributed by atoms with Crippen molar-refractivity contribution in [1.29, 1.82) is 0 Å². The van der Waals surface area contributed by atoms with Crippen molar-refractivity contribution in [2.45, 2.75) is 19.9 Å². The molecule has 0 aliphatic rings. The van der Waals surface area contributed by atoms with E-state index in [9.17, 15) is 0 Å². The molecule has 1 aromatic heterocycles. The lowest BCUT2D eigenvalue weighted by Crippen LogP contribution is -2.26. The molecule has 1 aromatic rings. The zero-order chi connectivity index (χ0) is 8.97. The van der Waals surface area contributed by atoms with E-state index in [0.29, 0.717) is 0 Å². The third-order valence-electron chi connectivity index (χ3n) is 1.38. The lowest BCUT2D eigenvalue weighted by Gasteiger charge is -2.07. The quantitative estimate of drug-likeness (QED) is 0.418. The summed E-state index contributed by atoms with van der Waals surface area (Å²) in [5.74, 6) is 5.35. The topological polar surface area (TPSA) is 63.8 Å². The van der Waals surface area contributed by atoms with Crippen LogP contribution < -0.4 is 11.3 Å². The minimum absolute atomic E-state index is 0.0197. The van der Waals surface area contributed by atoms with Crippen LogP contribution in [0.4, 0.5) is 0 Å². The van der Waals surface area contributed by atoms with E-state index >= 15 is 0 Å². The zero-order valence-electron chi connectivity index (χ0n) is 7.11. The van der Waals surface area contributed by atoms with Gasteiger partial charge in [0.25, 0.3) is 0 Å². The average Bonchev–Trinajstić information content (AvgIpc) is 2.51. The summed E-state index contributed by atoms with van der Waals surface area (Å²) < 4.78 is 7.99. The van der Waals surface area contributed by atoms with Crippen LogP contribution in [0.2, 0.25) is 0 Å². The van der Waals surface area contributed by atoms with E-state index in [1.807, 2.05) is 19.9 Å². The maximum atomic E-state index is 5.35. The molecular weight excluding hydrogens is 172 g/mol. The molecule has 0 radical (unpaired) electrons. The van der Waals surface area contributed by atoms with Crippen molar-refractivity contribution < 1.29 is 0 Å². The van der Waals surface area contributed by atoms with Crippen molar-refractivity contribution in [2.75, 3.05) is 0 Å². The van der Waals surface area contributed by atoms with Gasteiger partial charge in [-0.2, -0.15) is 8.75 Å². The predicted octanol–water partition coefficient (Wildman–Crippen LogP) is 1.01. The number of aromatic nitrogens is 2. The highest BCUT2D eigenvalue weighted by atomic mass is 32.1. The van der Waals surface area contributed by atoms with E-state index in [2.05, 4.69) is 14.2 Å². The lowest BCUT2D eigenvalue weighted by molar-refractivity contribution is 0.640. The molecule has 12 heavy (non-hydrogen) atoms. The van der Waals surface area contributed by atoms with Crippen molar-refractivity contribution in [3.8, 4) is 0 Å². The molecule has 0 bridgehead atoms. The third kappa shape index (κ3) is 2.37. The molecule has 0 aliphatic heterocycles. The second-order valence-electron chi connectivity index (χ2n) is 2.72. The zero-order valence-corrected chi connectivity index (χ0v) is 7.93. The first-order chi connectivity index (χ1) is 5.74. The van der Waals surface area contributed by atoms with Gasteiger partial charge in [-0.3, -0.25) is 5.84 Å². The van der Waals surface area contributed by atoms with E-state index in [0.717, 1.165) is 5.69 Å². The number of rotatable bonds is 3. The Morgan fingerprint density at radius 3 is 2.92 bits per heavy atom. The molecule has 1 unspecified atom stereocenters. The molecule has 4 nitrogen and oxygen atoms in total. The highest BCUT2D eigenvalue weighted by Gasteiger charge is 2.08. The van der Waals surface area contributed by atoms with E-state index in [1.165, 1.54) is 17.3 Å². The van der Waals surface area contributed by atoms with Gasteiger partial charge in [0.2, 0.25) is 0 Å². The molecule has 0 aromatic carbocycles. The summed E-state index contributed by atoms with van der Waals surface area (Å²) in [5, 5.41) is 0. The highest BCUT2D eigenvalue weighted by Crippen LogP contribution is 2.12. The van der Waals surface area contributed by atoms with Crippen LogP contribution >= 0.6 is 11.7 Å². The van der Waals surface area contributed by atoms with Crippen LogP contribution in [0.25, 0.3) is 0 Å². The molecule has 1 heterocycles. The first-order valence-corrected chi connectivity index (χ1v) is 4.35. The van der Waals surface area contributed by atoms with Crippen molar-refractivity contribution >= 4 is 11.7 Å². The van der Waals surface area contributed by atoms with Crippen molar-refractivity contribution in [2.24, 2.45) is 5.84 Å². The molecule has 0 saturated heterocycles. The van der Waals surface area contributed by atoms with Gasteiger partial charge in [-0.25, -0.2) is 5.43 Å². The number of nitrogens with two attached hydrogens (primary N) is 1. The van der Waals surface area contributed by atoms with Gasteiger partial charge in [-0.1, -0.05) is 11.6 Å². The number of nitrogens with one attached hydrogen (secondary N) is 1. The molecule has 0 saturated carbocycles. The van der Waals surface area contributed by atoms with Gasteiger partial charge in [0.15, 0.2) is 0 Å². The molecule has 3 N–H and O–H groups in total. The molecule has 0 amide bonds. The SMILES string of the molecule is CC(C)=CC(NN)c1cnsn1. The Morgan fingerprint density at radius 2 is 2.50 bits per heavy atom. The summed E-state index contributed by atoms with van der Waals surface area (Å²) in [6.07, 6.45) is 3.73. The lowest BCUT2D eigenvalue weighted by atomic mass is 10.1. The summed E-state index contributed by atoms with van der Waals surface area (Å²) in [7, 11) is 0. The fourth-order valence-electron chi connectivity index (χ4n) is 0.861. The van der Waals surface area contributed by atoms with Gasteiger partial charge in [0.1, 0.15) is 0 Å². The molecule has 1 atom stereocenters. The Hall–Kier alpha value is -0.780. The number of allylic oxidation sites excluding steroid dienone is 1. The fourth-order valence-corrected chi connectivity index (χ4v) is 1.32. The molecule has 0 aliphatic carbocycles. The molecule has 5 heteroatoms. The summed E-state index contributed by atoms with van der Waals surface area (Å²) in [6.45, 7) is 4.04. The Bertz CT molecular complexity index is 250. The largest absolute Gasteiger partial charge is 0.271 e. The number of hydrogen-bond donors (Lipinski definition) is 2. The van der Waals surface area contributed by atoms with E-state index in [4.69, 9.17) is 5.84 Å². The summed E-state index contributed by atoms with van der Waals surface area (Å²) in [6, 6.07) is -0.0197. The molecule has 0 spiro atoms. The van der Waals surface area contributed by atoms with E-state index < -0.39 is 0 Å². The van der Waals surface area contributed by atoms with Crippen LogP contribution in [0.3, 0.4) is 0 Å². The predicted molar refractivity (Wildman–Crippen MR) is 49.4 cm³/mol. The highest BCUT2D eigenvalue weighted by molar-refractivity contribution is 6.99. The molecule has 66 valence electrons. The van der Waals surface area contributed by atoms with Crippen LogP contribution in [-0.4, -0.2) is 8.75 Å². The first-order valence-electron chi connectivity index (χ1n) is 3.62. The first kappa shape index (κ1) is 9.31. The van der Waals surface area contributed by atoms with Crippen LogP contribution in [0.1, 0.15) is 25.6 Å². The molecule has 1 rings (SSSR count). The van der Waals surface area contributed by atoms with Gasteiger partial charge in [0.05, 0.1) is 29.7 Å². The van der Waals surface area contributed by atoms with Crippen molar-refractivity contribution in [1.82, 2.24) is 14.2 Å². The minimum Gasteiger partial charge on any atom is -0.271 e. The third-order valence-corrected chi connectivity index (χ3v) is 1.87. The molecular formula is C7H12N4S. The van der Waals surface area contributed by atoms with E-state index in [-0.39, 0.29) is 6.04 Å². The van der Waals surface area contributed by atoms with Gasteiger partial charge < -0.3 is 0 Å². The van der Waals surface area contributed by atoms with Gasteiger partial charge in [-0.15, -0.1) is 0 Å². The summed E-state index contributed by atoms with van der Waals surface area (Å²) in [5.41, 5.74) is 4.73. The van der Waals surface area contributed by atoms with Gasteiger partial charge >= 0.3 is 0 Å². The van der Waals surface area contributed by atoms with Gasteiger partial charge in [-0.05, 0) is 13.8 Å². The second kappa shape index (κ2) is 4.30. The Morgan fingerprint density at radius 1 is 1.75 bits per heavy atom. The molecule has 0 fully saturated rings. The van der Waals surface area contributed by atoms with Crippen molar-refractivity contribution in [3.05, 3.63) is 23.5 Å². The fraction of sp³-hybridized carbons (Fsp3) is 0.429. The summed E-state index contributed by atoms with van der Waals surface area (Å²) in [4.78, 5) is 0. The summed E-state index contributed by atoms with van der Waals surface area (Å²) >= 11 is 1.19. The number of hydrazine groups is 1. The number of nitrogens with zero attached hydrogens (tertiary/aromatic N) is 2. The van der Waals surface area contributed by atoms with Crippen LogP contribution in [0.15, 0.2) is 17.8 Å².